The summed E-state index contributed by atoms with van der Waals surface area (Å²) < 4.78 is 4.86. The Balaban J connectivity index is 4.04. The predicted molar refractivity (Wildman–Crippen MR) is 61.1 cm³/mol. The van der Waals surface area contributed by atoms with Crippen LogP contribution in [0.2, 0.25) is 0 Å². The molecule has 2 nitrogen and oxygen atoms in total. The van der Waals surface area contributed by atoms with Gasteiger partial charge in [0.1, 0.15) is 5.56 Å². The van der Waals surface area contributed by atoms with Crippen molar-refractivity contribution in [3.63, 3.8) is 0 Å². The van der Waals surface area contributed by atoms with Crippen LogP contribution in [0.1, 0.15) is 33.1 Å². The standard InChI is InChI=1S/C10H19BClO2/c1-4-6-9(7-8(3)5-2)10(12)14-11-13/h5,8-10,13H,2,4,6-7H2,1,3H3. The minimum atomic E-state index is -0.442. The lowest BCUT2D eigenvalue weighted by Crippen LogP contribution is -2.22. The number of halogens is 1. The van der Waals surface area contributed by atoms with Crippen LogP contribution in [0.15, 0.2) is 12.7 Å². The van der Waals surface area contributed by atoms with E-state index in [1.165, 1.54) is 0 Å². The van der Waals surface area contributed by atoms with Crippen LogP contribution in [0.3, 0.4) is 0 Å². The van der Waals surface area contributed by atoms with Gasteiger partial charge in [-0.1, -0.05) is 37.9 Å². The first-order valence-corrected chi connectivity index (χ1v) is 5.47. The molecule has 0 fully saturated rings. The molecule has 0 heterocycles. The van der Waals surface area contributed by atoms with Gasteiger partial charge in [-0.05, 0) is 24.7 Å². The Morgan fingerprint density at radius 1 is 1.64 bits per heavy atom. The van der Waals surface area contributed by atoms with Gasteiger partial charge in [-0.25, -0.2) is 0 Å². The van der Waals surface area contributed by atoms with Crippen molar-refractivity contribution in [2.45, 2.75) is 38.7 Å². The van der Waals surface area contributed by atoms with Crippen molar-refractivity contribution >= 4 is 19.3 Å². The van der Waals surface area contributed by atoms with E-state index >= 15 is 0 Å². The monoisotopic (exact) mass is 217 g/mol. The molecule has 0 spiro atoms. The summed E-state index contributed by atoms with van der Waals surface area (Å²) in [7, 11) is 0.666. The fraction of sp³-hybridized carbons (Fsp3) is 0.800. The summed E-state index contributed by atoms with van der Waals surface area (Å²) in [5.74, 6) is 0.688. The van der Waals surface area contributed by atoms with Crippen molar-refractivity contribution < 1.29 is 9.68 Å². The van der Waals surface area contributed by atoms with Gasteiger partial charge >= 0.3 is 7.69 Å². The zero-order chi connectivity index (χ0) is 11.0. The highest BCUT2D eigenvalue weighted by Crippen LogP contribution is 2.25. The molecule has 1 radical (unpaired) electrons. The van der Waals surface area contributed by atoms with Gasteiger partial charge in [0.15, 0.2) is 0 Å². The van der Waals surface area contributed by atoms with E-state index in [0.717, 1.165) is 19.3 Å². The average molecular weight is 218 g/mol. The van der Waals surface area contributed by atoms with Gasteiger partial charge in [-0.2, -0.15) is 0 Å². The largest absolute Gasteiger partial charge is 0.486 e. The summed E-state index contributed by atoms with van der Waals surface area (Å²) in [6, 6.07) is 0. The summed E-state index contributed by atoms with van der Waals surface area (Å²) in [6.45, 7) is 7.95. The van der Waals surface area contributed by atoms with E-state index in [1.807, 2.05) is 6.08 Å². The molecule has 0 rings (SSSR count). The zero-order valence-electron chi connectivity index (χ0n) is 8.95. The van der Waals surface area contributed by atoms with Crippen LogP contribution in [-0.4, -0.2) is 18.3 Å². The Kier molecular flexibility index (Phi) is 8.34. The molecule has 3 atom stereocenters. The normalized spacial score (nSPS) is 17.1. The Morgan fingerprint density at radius 3 is 2.71 bits per heavy atom. The maximum Gasteiger partial charge on any atom is 0.486 e. The molecule has 0 aliphatic rings. The van der Waals surface area contributed by atoms with Crippen molar-refractivity contribution in [1.29, 1.82) is 0 Å². The van der Waals surface area contributed by atoms with Crippen molar-refractivity contribution in [2.75, 3.05) is 0 Å². The van der Waals surface area contributed by atoms with Gasteiger partial charge in [0.25, 0.3) is 0 Å². The summed E-state index contributed by atoms with van der Waals surface area (Å²) in [6.07, 6.45) is 4.92. The van der Waals surface area contributed by atoms with Crippen LogP contribution >= 0.6 is 11.6 Å². The molecule has 0 aromatic carbocycles. The number of alkyl halides is 1. The first-order chi connectivity index (χ1) is 6.65. The smallest absolute Gasteiger partial charge is 0.429 e. The molecule has 0 aromatic rings. The summed E-state index contributed by atoms with van der Waals surface area (Å²) in [5, 5.41) is 8.49. The Bertz CT molecular complexity index is 155. The number of hydrogen-bond donors (Lipinski definition) is 1. The summed E-state index contributed by atoms with van der Waals surface area (Å²) in [5.41, 5.74) is -0.442. The Hall–Kier alpha value is 0.0149. The molecule has 0 amide bonds. The third-order valence-electron chi connectivity index (χ3n) is 2.30. The molecule has 0 saturated carbocycles. The number of allylic oxidation sites excluding steroid dienone is 1. The first-order valence-electron chi connectivity index (χ1n) is 5.03. The molecule has 1 N–H and O–H groups in total. The molecule has 3 unspecified atom stereocenters. The SMILES string of the molecule is C=CC(C)CC(CCC)C(Cl)O[B]O. The molecular formula is C10H19BClO2. The lowest BCUT2D eigenvalue weighted by atomic mass is 9.92. The van der Waals surface area contributed by atoms with Gasteiger partial charge in [0.05, 0.1) is 0 Å². The number of hydrogen-bond acceptors (Lipinski definition) is 2. The fourth-order valence-corrected chi connectivity index (χ4v) is 1.74. The molecular weight excluding hydrogens is 198 g/mol. The van der Waals surface area contributed by atoms with Crippen molar-refractivity contribution in [2.24, 2.45) is 11.8 Å². The van der Waals surface area contributed by atoms with E-state index in [-0.39, 0.29) is 5.92 Å². The fourth-order valence-electron chi connectivity index (χ4n) is 1.47. The highest BCUT2D eigenvalue weighted by molar-refractivity contribution is 6.24. The molecule has 0 aliphatic carbocycles. The summed E-state index contributed by atoms with van der Waals surface area (Å²) in [4.78, 5) is 0. The quantitative estimate of drug-likeness (QED) is 0.385. The van der Waals surface area contributed by atoms with E-state index in [9.17, 15) is 0 Å². The van der Waals surface area contributed by atoms with Crippen LogP contribution in [0, 0.1) is 11.8 Å². The third-order valence-corrected chi connectivity index (χ3v) is 2.76. The molecule has 0 bridgehead atoms. The van der Waals surface area contributed by atoms with Gasteiger partial charge < -0.3 is 9.68 Å². The minimum absolute atomic E-state index is 0.262. The molecule has 14 heavy (non-hydrogen) atoms. The zero-order valence-corrected chi connectivity index (χ0v) is 9.70. The van der Waals surface area contributed by atoms with Crippen LogP contribution in [-0.2, 0) is 4.65 Å². The van der Waals surface area contributed by atoms with E-state index in [4.69, 9.17) is 21.3 Å². The Morgan fingerprint density at radius 2 is 2.29 bits per heavy atom. The van der Waals surface area contributed by atoms with Gasteiger partial charge in [-0.15, -0.1) is 6.58 Å². The summed E-state index contributed by atoms with van der Waals surface area (Å²) >= 11 is 5.98. The van der Waals surface area contributed by atoms with Crippen LogP contribution in [0.5, 0.6) is 0 Å². The lowest BCUT2D eigenvalue weighted by Gasteiger charge is -2.23. The van der Waals surface area contributed by atoms with Crippen molar-refractivity contribution in [1.82, 2.24) is 0 Å². The second-order valence-electron chi connectivity index (χ2n) is 3.59. The first kappa shape index (κ1) is 14.0. The second kappa shape index (κ2) is 8.33. The van der Waals surface area contributed by atoms with Crippen LogP contribution < -0.4 is 0 Å². The maximum atomic E-state index is 8.49. The van der Waals surface area contributed by atoms with E-state index in [1.54, 1.807) is 0 Å². The molecule has 0 saturated heterocycles. The molecule has 0 aliphatic heterocycles. The van der Waals surface area contributed by atoms with E-state index in [0.29, 0.717) is 13.6 Å². The maximum absolute atomic E-state index is 8.49. The van der Waals surface area contributed by atoms with Crippen molar-refractivity contribution in [3.8, 4) is 0 Å². The van der Waals surface area contributed by atoms with Gasteiger partial charge in [0, 0.05) is 0 Å². The topological polar surface area (TPSA) is 29.5 Å². The lowest BCUT2D eigenvalue weighted by molar-refractivity contribution is 0.169. The van der Waals surface area contributed by atoms with E-state index < -0.39 is 5.56 Å². The molecule has 81 valence electrons. The van der Waals surface area contributed by atoms with Crippen LogP contribution in [0.4, 0.5) is 0 Å². The average Bonchev–Trinajstić information content (AvgIpc) is 2.17. The van der Waals surface area contributed by atoms with E-state index in [2.05, 4.69) is 20.4 Å². The predicted octanol–water partition coefficient (Wildman–Crippen LogP) is 2.72. The minimum Gasteiger partial charge on any atom is -0.429 e. The second-order valence-corrected chi connectivity index (χ2v) is 4.02. The van der Waals surface area contributed by atoms with Gasteiger partial charge in [-0.3, -0.25) is 0 Å². The Labute approximate surface area is 92.6 Å². The highest BCUT2D eigenvalue weighted by atomic mass is 35.5. The third kappa shape index (κ3) is 5.68. The molecule has 4 heteroatoms. The number of rotatable bonds is 8. The van der Waals surface area contributed by atoms with Gasteiger partial charge in [0.2, 0.25) is 0 Å². The van der Waals surface area contributed by atoms with Crippen molar-refractivity contribution in [3.05, 3.63) is 12.7 Å². The molecule has 0 aromatic heterocycles. The van der Waals surface area contributed by atoms with Crippen LogP contribution in [0.25, 0.3) is 0 Å². The highest BCUT2D eigenvalue weighted by Gasteiger charge is 2.20.